The van der Waals surface area contributed by atoms with E-state index in [1.165, 1.54) is 6.92 Å². The quantitative estimate of drug-likeness (QED) is 0.850. The van der Waals surface area contributed by atoms with E-state index in [1.54, 1.807) is 11.1 Å². The van der Waals surface area contributed by atoms with E-state index in [0.29, 0.717) is 12.1 Å². The maximum absolute atomic E-state index is 11.6. The Kier molecular flexibility index (Phi) is 4.20. The largest absolute Gasteiger partial charge is 0.374 e. The van der Waals surface area contributed by atoms with Gasteiger partial charge in [0.25, 0.3) is 0 Å². The molecule has 0 radical (unpaired) electrons. The Balaban J connectivity index is 2.25. The van der Waals surface area contributed by atoms with E-state index < -0.39 is 18.1 Å². The van der Waals surface area contributed by atoms with Crippen molar-refractivity contribution in [2.24, 2.45) is 11.7 Å². The van der Waals surface area contributed by atoms with E-state index >= 15 is 0 Å². The SMILES string of the molecule is CC(=O)C1=CN(Cc2ccccc2)C(O)CC1C(N)=O. The predicted molar refractivity (Wildman–Crippen MR) is 74.1 cm³/mol. The number of hydrogen-bond donors (Lipinski definition) is 2. The highest BCUT2D eigenvalue weighted by atomic mass is 16.3. The fourth-order valence-corrected chi connectivity index (χ4v) is 2.38. The van der Waals surface area contributed by atoms with Crippen molar-refractivity contribution in [1.82, 2.24) is 4.90 Å². The third-order valence-electron chi connectivity index (χ3n) is 3.47. The molecule has 2 atom stereocenters. The lowest BCUT2D eigenvalue weighted by Gasteiger charge is -2.34. The number of nitrogens with zero attached hydrogens (tertiary/aromatic N) is 1. The number of hydrogen-bond acceptors (Lipinski definition) is 4. The molecule has 5 nitrogen and oxygen atoms in total. The first-order chi connectivity index (χ1) is 9.49. The van der Waals surface area contributed by atoms with Crippen LogP contribution >= 0.6 is 0 Å². The summed E-state index contributed by atoms with van der Waals surface area (Å²) in [6, 6.07) is 9.61. The monoisotopic (exact) mass is 274 g/mol. The number of primary amides is 1. The van der Waals surface area contributed by atoms with Crippen molar-refractivity contribution in [3.05, 3.63) is 47.7 Å². The van der Waals surface area contributed by atoms with E-state index in [0.717, 1.165) is 5.56 Å². The first-order valence-electron chi connectivity index (χ1n) is 6.48. The highest BCUT2D eigenvalue weighted by Gasteiger charge is 2.33. The first kappa shape index (κ1) is 14.3. The van der Waals surface area contributed by atoms with Crippen molar-refractivity contribution < 1.29 is 14.7 Å². The summed E-state index contributed by atoms with van der Waals surface area (Å²) in [5.74, 6) is -1.49. The van der Waals surface area contributed by atoms with Crippen molar-refractivity contribution in [3.8, 4) is 0 Å². The molecule has 1 aliphatic heterocycles. The lowest BCUT2D eigenvalue weighted by atomic mass is 9.89. The molecule has 2 rings (SSSR count). The van der Waals surface area contributed by atoms with Crippen molar-refractivity contribution in [3.63, 3.8) is 0 Å². The van der Waals surface area contributed by atoms with Crippen LogP contribution in [-0.2, 0) is 16.1 Å². The van der Waals surface area contributed by atoms with Crippen LogP contribution in [0.5, 0.6) is 0 Å². The third-order valence-corrected chi connectivity index (χ3v) is 3.47. The van der Waals surface area contributed by atoms with Crippen LogP contribution in [-0.4, -0.2) is 27.9 Å². The first-order valence-corrected chi connectivity index (χ1v) is 6.48. The molecule has 0 saturated carbocycles. The lowest BCUT2D eigenvalue weighted by molar-refractivity contribution is -0.126. The number of carbonyl (C=O) groups is 2. The average molecular weight is 274 g/mol. The van der Waals surface area contributed by atoms with Gasteiger partial charge >= 0.3 is 0 Å². The summed E-state index contributed by atoms with van der Waals surface area (Å²) >= 11 is 0. The van der Waals surface area contributed by atoms with Crippen molar-refractivity contribution in [1.29, 1.82) is 0 Å². The Hall–Kier alpha value is -2.14. The number of ketones is 1. The van der Waals surface area contributed by atoms with Crippen LogP contribution in [0, 0.1) is 5.92 Å². The van der Waals surface area contributed by atoms with Gasteiger partial charge in [0, 0.05) is 24.7 Å². The van der Waals surface area contributed by atoms with Crippen LogP contribution in [0.3, 0.4) is 0 Å². The normalized spacial score (nSPS) is 22.3. The second-order valence-electron chi connectivity index (χ2n) is 4.97. The summed E-state index contributed by atoms with van der Waals surface area (Å²) in [7, 11) is 0. The zero-order valence-corrected chi connectivity index (χ0v) is 11.3. The van der Waals surface area contributed by atoms with E-state index in [2.05, 4.69) is 0 Å². The molecule has 5 heteroatoms. The molecule has 0 spiro atoms. The molecule has 20 heavy (non-hydrogen) atoms. The molecule has 1 heterocycles. The van der Waals surface area contributed by atoms with Crippen molar-refractivity contribution >= 4 is 11.7 Å². The molecule has 0 fully saturated rings. The number of carbonyl (C=O) groups excluding carboxylic acids is 2. The molecule has 3 N–H and O–H groups in total. The van der Waals surface area contributed by atoms with Crippen molar-refractivity contribution in [2.45, 2.75) is 26.1 Å². The van der Waals surface area contributed by atoms with Gasteiger partial charge in [-0.15, -0.1) is 0 Å². The van der Waals surface area contributed by atoms with Gasteiger partial charge in [0.2, 0.25) is 5.91 Å². The van der Waals surface area contributed by atoms with Crippen LogP contribution in [0.1, 0.15) is 18.9 Å². The smallest absolute Gasteiger partial charge is 0.225 e. The minimum Gasteiger partial charge on any atom is -0.374 e. The van der Waals surface area contributed by atoms with Gasteiger partial charge in [0.05, 0.1) is 5.92 Å². The van der Waals surface area contributed by atoms with Gasteiger partial charge in [-0.05, 0) is 12.5 Å². The molecule has 0 aromatic heterocycles. The Morgan fingerprint density at radius 1 is 1.35 bits per heavy atom. The molecule has 2 unspecified atom stereocenters. The number of aliphatic hydroxyl groups excluding tert-OH is 1. The van der Waals surface area contributed by atoms with Gasteiger partial charge < -0.3 is 15.7 Å². The summed E-state index contributed by atoms with van der Waals surface area (Å²) in [6.07, 6.45) is 0.878. The Morgan fingerprint density at radius 3 is 2.55 bits per heavy atom. The predicted octanol–water partition coefficient (Wildman–Crippen LogP) is 0.785. The maximum atomic E-state index is 11.6. The van der Waals surface area contributed by atoms with Crippen LogP contribution in [0.4, 0.5) is 0 Å². The second kappa shape index (κ2) is 5.88. The van der Waals surface area contributed by atoms with E-state index in [9.17, 15) is 14.7 Å². The molecule has 106 valence electrons. The van der Waals surface area contributed by atoms with Crippen LogP contribution in [0.15, 0.2) is 42.1 Å². The number of benzene rings is 1. The zero-order valence-electron chi connectivity index (χ0n) is 11.3. The Labute approximate surface area is 117 Å². The Morgan fingerprint density at radius 2 is 2.00 bits per heavy atom. The van der Waals surface area contributed by atoms with E-state index in [-0.39, 0.29) is 12.2 Å². The average Bonchev–Trinajstić information content (AvgIpc) is 2.41. The lowest BCUT2D eigenvalue weighted by Crippen LogP contribution is -2.42. The van der Waals surface area contributed by atoms with Gasteiger partial charge in [-0.2, -0.15) is 0 Å². The summed E-state index contributed by atoms with van der Waals surface area (Å²) < 4.78 is 0. The number of amides is 1. The van der Waals surface area contributed by atoms with Crippen LogP contribution in [0.25, 0.3) is 0 Å². The highest BCUT2D eigenvalue weighted by Crippen LogP contribution is 2.27. The van der Waals surface area contributed by atoms with Gasteiger partial charge in [-0.3, -0.25) is 9.59 Å². The van der Waals surface area contributed by atoms with Crippen LogP contribution in [0.2, 0.25) is 0 Å². The van der Waals surface area contributed by atoms with Crippen LogP contribution < -0.4 is 5.73 Å². The van der Waals surface area contributed by atoms with Gasteiger partial charge in [0.1, 0.15) is 6.23 Å². The topological polar surface area (TPSA) is 83.6 Å². The summed E-state index contributed by atoms with van der Waals surface area (Å²) in [4.78, 5) is 24.7. The molecule has 1 aromatic rings. The summed E-state index contributed by atoms with van der Waals surface area (Å²) in [6.45, 7) is 1.88. The van der Waals surface area contributed by atoms with Gasteiger partial charge in [-0.1, -0.05) is 30.3 Å². The van der Waals surface area contributed by atoms with E-state index in [1.807, 2.05) is 30.3 Å². The molecule has 1 amide bonds. The molecule has 1 aliphatic rings. The molecular weight excluding hydrogens is 256 g/mol. The number of aliphatic hydroxyl groups is 1. The summed E-state index contributed by atoms with van der Waals surface area (Å²) in [5.41, 5.74) is 6.67. The number of Topliss-reactive ketones (excluding diaryl/α,β-unsaturated/α-hetero) is 1. The number of rotatable bonds is 4. The molecule has 0 aliphatic carbocycles. The van der Waals surface area contributed by atoms with Gasteiger partial charge in [-0.25, -0.2) is 0 Å². The fourth-order valence-electron chi connectivity index (χ4n) is 2.38. The zero-order chi connectivity index (χ0) is 14.7. The fraction of sp³-hybridized carbons (Fsp3) is 0.333. The minimum absolute atomic E-state index is 0.146. The Bertz CT molecular complexity index is 539. The minimum atomic E-state index is -0.823. The molecule has 0 bridgehead atoms. The van der Waals surface area contributed by atoms with Gasteiger partial charge in [0.15, 0.2) is 5.78 Å². The molecular formula is C15H18N2O3. The maximum Gasteiger partial charge on any atom is 0.225 e. The molecule has 0 saturated heterocycles. The number of nitrogens with two attached hydrogens (primary N) is 1. The van der Waals surface area contributed by atoms with Crippen molar-refractivity contribution in [2.75, 3.05) is 0 Å². The highest BCUT2D eigenvalue weighted by molar-refractivity contribution is 5.99. The second-order valence-corrected chi connectivity index (χ2v) is 4.97. The van der Waals surface area contributed by atoms with E-state index in [4.69, 9.17) is 5.73 Å². The summed E-state index contributed by atoms with van der Waals surface area (Å²) in [5, 5.41) is 10.1. The third kappa shape index (κ3) is 3.05. The standard InChI is InChI=1S/C15H18N2O3/c1-10(18)13-9-17(8-11-5-3-2-4-6-11)14(19)7-12(13)15(16)20/h2-6,9,12,14,19H,7-8H2,1H3,(H2,16,20). The molecule has 1 aromatic carbocycles.